The second-order valence-corrected chi connectivity index (χ2v) is 5.29. The van der Waals surface area contributed by atoms with Crippen molar-refractivity contribution < 1.29 is 9.53 Å². The largest absolute Gasteiger partial charge is 0.492 e. The molecular formula is C19H18N2O2. The van der Waals surface area contributed by atoms with E-state index in [1.165, 1.54) is 0 Å². The number of primary amides is 1. The Balaban J connectivity index is 2.27. The van der Waals surface area contributed by atoms with Gasteiger partial charge >= 0.3 is 0 Å². The van der Waals surface area contributed by atoms with E-state index in [1.54, 1.807) is 12.1 Å². The molecule has 0 aliphatic carbocycles. The molecule has 4 nitrogen and oxygen atoms in total. The molecule has 23 heavy (non-hydrogen) atoms. The minimum absolute atomic E-state index is 0.444. The number of ether oxygens (including phenoxy) is 1. The Kier molecular flexibility index (Phi) is 3.98. The molecular weight excluding hydrogens is 288 g/mol. The van der Waals surface area contributed by atoms with Crippen molar-refractivity contribution in [1.82, 2.24) is 4.98 Å². The lowest BCUT2D eigenvalue weighted by Crippen LogP contribution is -2.12. The molecule has 0 radical (unpaired) electrons. The summed E-state index contributed by atoms with van der Waals surface area (Å²) in [7, 11) is 0. The summed E-state index contributed by atoms with van der Waals surface area (Å²) in [6, 6.07) is 15.2. The molecule has 0 spiro atoms. The summed E-state index contributed by atoms with van der Waals surface area (Å²) in [6.45, 7) is 4.46. The van der Waals surface area contributed by atoms with Crippen LogP contribution in [0.5, 0.6) is 5.75 Å². The van der Waals surface area contributed by atoms with Gasteiger partial charge in [-0.15, -0.1) is 0 Å². The van der Waals surface area contributed by atoms with Gasteiger partial charge in [-0.25, -0.2) is 4.98 Å². The maximum Gasteiger partial charge on any atom is 0.249 e. The zero-order valence-corrected chi connectivity index (χ0v) is 13.2. The number of rotatable bonds is 4. The first-order valence-corrected chi connectivity index (χ1v) is 7.54. The number of carbonyl (C=O) groups excluding carboxylic acids is 1. The van der Waals surface area contributed by atoms with Gasteiger partial charge in [0.25, 0.3) is 0 Å². The monoisotopic (exact) mass is 306 g/mol. The van der Waals surface area contributed by atoms with E-state index >= 15 is 0 Å². The molecule has 0 unspecified atom stereocenters. The predicted octanol–water partition coefficient (Wildman–Crippen LogP) is 3.71. The molecule has 0 aliphatic rings. The smallest absolute Gasteiger partial charge is 0.249 e. The van der Waals surface area contributed by atoms with E-state index in [4.69, 9.17) is 15.5 Å². The van der Waals surface area contributed by atoms with Crippen molar-refractivity contribution in [2.45, 2.75) is 13.8 Å². The number of para-hydroxylation sites is 1. The van der Waals surface area contributed by atoms with Crippen LogP contribution in [0.3, 0.4) is 0 Å². The number of benzene rings is 2. The van der Waals surface area contributed by atoms with Crippen molar-refractivity contribution in [3.8, 4) is 16.9 Å². The molecule has 0 atom stereocenters. The third kappa shape index (κ3) is 2.75. The Bertz CT molecular complexity index is 888. The molecule has 116 valence electrons. The number of nitrogens with zero attached hydrogens (tertiary/aromatic N) is 1. The molecule has 0 saturated carbocycles. The van der Waals surface area contributed by atoms with Gasteiger partial charge in [0.15, 0.2) is 0 Å². The second-order valence-electron chi connectivity index (χ2n) is 5.29. The Morgan fingerprint density at radius 3 is 2.61 bits per heavy atom. The molecule has 2 aromatic carbocycles. The van der Waals surface area contributed by atoms with E-state index in [0.29, 0.717) is 12.2 Å². The summed E-state index contributed by atoms with van der Waals surface area (Å²) >= 11 is 0. The fraction of sp³-hybridized carbons (Fsp3) is 0.158. The molecule has 1 aromatic heterocycles. The zero-order chi connectivity index (χ0) is 16.4. The highest BCUT2D eigenvalue weighted by Gasteiger charge is 2.14. The van der Waals surface area contributed by atoms with E-state index in [2.05, 4.69) is 0 Å². The first-order valence-electron chi connectivity index (χ1n) is 7.54. The fourth-order valence-electron chi connectivity index (χ4n) is 2.72. The summed E-state index contributed by atoms with van der Waals surface area (Å²) in [5, 5.41) is 0.968. The van der Waals surface area contributed by atoms with Crippen LogP contribution < -0.4 is 10.5 Å². The van der Waals surface area contributed by atoms with Gasteiger partial charge in [-0.1, -0.05) is 36.4 Å². The van der Waals surface area contributed by atoms with Gasteiger partial charge in [0, 0.05) is 16.5 Å². The maximum atomic E-state index is 11.7. The molecule has 4 heteroatoms. The summed E-state index contributed by atoms with van der Waals surface area (Å²) < 4.78 is 5.62. The first-order chi connectivity index (χ1) is 11.1. The van der Waals surface area contributed by atoms with Crippen LogP contribution in [0.1, 0.15) is 23.0 Å². The quantitative estimate of drug-likeness (QED) is 0.799. The lowest BCUT2D eigenvalue weighted by Gasteiger charge is -2.12. The van der Waals surface area contributed by atoms with Crippen LogP contribution in [0.15, 0.2) is 48.5 Å². The molecule has 3 rings (SSSR count). The van der Waals surface area contributed by atoms with E-state index in [1.807, 2.05) is 50.2 Å². The van der Waals surface area contributed by atoms with Gasteiger partial charge < -0.3 is 10.5 Å². The fourth-order valence-corrected chi connectivity index (χ4v) is 2.72. The molecule has 1 amide bonds. The van der Waals surface area contributed by atoms with Gasteiger partial charge in [0.05, 0.1) is 17.8 Å². The molecule has 1 heterocycles. The van der Waals surface area contributed by atoms with Gasteiger partial charge in [-0.2, -0.15) is 0 Å². The van der Waals surface area contributed by atoms with Gasteiger partial charge in [-0.05, 0) is 31.5 Å². The van der Waals surface area contributed by atoms with Crippen molar-refractivity contribution in [2.75, 3.05) is 6.61 Å². The van der Waals surface area contributed by atoms with Gasteiger partial charge in [0.2, 0.25) is 5.91 Å². The van der Waals surface area contributed by atoms with Crippen LogP contribution in [0.4, 0.5) is 0 Å². The van der Waals surface area contributed by atoms with Crippen molar-refractivity contribution in [1.29, 1.82) is 0 Å². The lowest BCUT2D eigenvalue weighted by atomic mass is 9.96. The number of amides is 1. The zero-order valence-electron chi connectivity index (χ0n) is 13.2. The molecule has 0 bridgehead atoms. The molecule has 0 saturated heterocycles. The standard InChI is InChI=1S/C19H18N2O2/c1-3-23-17-11-13-7-6-10-15(18(13)21-12(17)2)14-8-4-5-9-16(14)19(20)22/h4-11H,3H2,1-2H3,(H2,20,22). The van der Waals surface area contributed by atoms with E-state index in [-0.39, 0.29) is 0 Å². The Hall–Kier alpha value is -2.88. The molecule has 0 fully saturated rings. The topological polar surface area (TPSA) is 65.2 Å². The second kappa shape index (κ2) is 6.08. The van der Waals surface area contributed by atoms with E-state index in [0.717, 1.165) is 33.5 Å². The predicted molar refractivity (Wildman–Crippen MR) is 91.6 cm³/mol. The van der Waals surface area contributed by atoms with Crippen LogP contribution in [0, 0.1) is 6.92 Å². The van der Waals surface area contributed by atoms with Crippen molar-refractivity contribution in [3.05, 3.63) is 59.8 Å². The highest BCUT2D eigenvalue weighted by atomic mass is 16.5. The number of aryl methyl sites for hydroxylation is 1. The number of fused-ring (bicyclic) bond motifs is 1. The number of carbonyl (C=O) groups is 1. The maximum absolute atomic E-state index is 11.7. The normalized spacial score (nSPS) is 10.7. The lowest BCUT2D eigenvalue weighted by molar-refractivity contribution is 0.100. The Labute approximate surface area is 134 Å². The number of nitrogens with two attached hydrogens (primary N) is 1. The average Bonchev–Trinajstić information content (AvgIpc) is 2.55. The minimum atomic E-state index is -0.444. The first kappa shape index (κ1) is 15.0. The van der Waals surface area contributed by atoms with Crippen molar-refractivity contribution in [3.63, 3.8) is 0 Å². The number of pyridine rings is 1. The van der Waals surface area contributed by atoms with Crippen LogP contribution in [0.25, 0.3) is 22.0 Å². The number of aromatic nitrogens is 1. The van der Waals surface area contributed by atoms with Crippen molar-refractivity contribution in [2.24, 2.45) is 5.73 Å². The molecule has 2 N–H and O–H groups in total. The van der Waals surface area contributed by atoms with Gasteiger partial charge in [0.1, 0.15) is 5.75 Å². The van der Waals surface area contributed by atoms with Crippen LogP contribution in [0.2, 0.25) is 0 Å². The summed E-state index contributed by atoms with van der Waals surface area (Å²) in [6.07, 6.45) is 0. The number of hydrogen-bond donors (Lipinski definition) is 1. The SMILES string of the molecule is CCOc1cc2cccc(-c3ccccc3C(N)=O)c2nc1C. The highest BCUT2D eigenvalue weighted by molar-refractivity contribution is 6.04. The highest BCUT2D eigenvalue weighted by Crippen LogP contribution is 2.32. The molecule has 0 aliphatic heterocycles. The van der Waals surface area contributed by atoms with Gasteiger partial charge in [-0.3, -0.25) is 4.79 Å². The van der Waals surface area contributed by atoms with E-state index in [9.17, 15) is 4.79 Å². The van der Waals surface area contributed by atoms with Crippen LogP contribution >= 0.6 is 0 Å². The third-order valence-electron chi connectivity index (χ3n) is 3.77. The Morgan fingerprint density at radius 1 is 1.13 bits per heavy atom. The van der Waals surface area contributed by atoms with Crippen molar-refractivity contribution >= 4 is 16.8 Å². The molecule has 3 aromatic rings. The summed E-state index contributed by atoms with van der Waals surface area (Å²) in [5.41, 5.74) is 9.35. The number of hydrogen-bond acceptors (Lipinski definition) is 3. The minimum Gasteiger partial charge on any atom is -0.492 e. The average molecular weight is 306 g/mol. The van der Waals surface area contributed by atoms with Crippen LogP contribution in [-0.4, -0.2) is 17.5 Å². The summed E-state index contributed by atoms with van der Waals surface area (Å²) in [5.74, 6) is 0.334. The van der Waals surface area contributed by atoms with Crippen LogP contribution in [-0.2, 0) is 0 Å². The summed E-state index contributed by atoms with van der Waals surface area (Å²) in [4.78, 5) is 16.4. The van der Waals surface area contributed by atoms with E-state index < -0.39 is 5.91 Å². The Morgan fingerprint density at radius 2 is 1.87 bits per heavy atom. The third-order valence-corrected chi connectivity index (χ3v) is 3.77.